The van der Waals surface area contributed by atoms with E-state index in [4.69, 9.17) is 9.41 Å². The molecule has 5 nitrogen and oxygen atoms in total. The zero-order valence-corrected chi connectivity index (χ0v) is 17.6. The summed E-state index contributed by atoms with van der Waals surface area (Å²) in [6, 6.07) is 8.06. The number of hydrogen-bond acceptors (Lipinski definition) is 4. The van der Waals surface area contributed by atoms with Crippen LogP contribution in [0.3, 0.4) is 0 Å². The van der Waals surface area contributed by atoms with E-state index in [0.29, 0.717) is 12.5 Å². The Kier molecular flexibility index (Phi) is 8.25. The molecule has 0 amide bonds. The van der Waals surface area contributed by atoms with E-state index in [1.54, 1.807) is 17.6 Å². The Labute approximate surface area is 170 Å². The first-order valence-electron chi connectivity index (χ1n) is 8.48. The van der Waals surface area contributed by atoms with E-state index in [2.05, 4.69) is 27.7 Å². The summed E-state index contributed by atoms with van der Waals surface area (Å²) in [7, 11) is 0. The maximum atomic E-state index is 9.84. The molecule has 2 N–H and O–H groups in total. The van der Waals surface area contributed by atoms with E-state index < -0.39 is 0 Å². The second-order valence-corrected chi connectivity index (χ2v) is 7.24. The quantitative estimate of drug-likeness (QED) is 0.382. The molecule has 2 aromatic rings. The molecule has 138 valence electrons. The van der Waals surface area contributed by atoms with Gasteiger partial charge in [-0.25, -0.2) is 4.99 Å². The molecule has 1 saturated heterocycles. The Morgan fingerprint density at radius 2 is 2.36 bits per heavy atom. The molecule has 2 atom stereocenters. The highest BCUT2D eigenvalue weighted by Crippen LogP contribution is 2.20. The average molecular weight is 475 g/mol. The van der Waals surface area contributed by atoms with Crippen LogP contribution in [-0.4, -0.2) is 41.7 Å². The highest BCUT2D eigenvalue weighted by molar-refractivity contribution is 14.0. The molecule has 7 heteroatoms. The number of aliphatic hydroxyl groups is 1. The molecule has 0 saturated carbocycles. The number of rotatable bonds is 6. The van der Waals surface area contributed by atoms with Gasteiger partial charge in [0.15, 0.2) is 5.96 Å². The smallest absolute Gasteiger partial charge is 0.194 e. The van der Waals surface area contributed by atoms with E-state index in [1.165, 1.54) is 4.88 Å². The molecule has 1 aliphatic rings. The van der Waals surface area contributed by atoms with Gasteiger partial charge in [-0.05, 0) is 36.9 Å². The van der Waals surface area contributed by atoms with E-state index >= 15 is 0 Å². The van der Waals surface area contributed by atoms with Crippen molar-refractivity contribution in [1.82, 2.24) is 10.2 Å². The Bertz CT molecular complexity index is 629. The van der Waals surface area contributed by atoms with Gasteiger partial charge in [-0.15, -0.1) is 35.3 Å². The summed E-state index contributed by atoms with van der Waals surface area (Å²) >= 11 is 1.73. The summed E-state index contributed by atoms with van der Waals surface area (Å²) < 4.78 is 5.38. The number of nitrogens with zero attached hydrogens (tertiary/aromatic N) is 2. The van der Waals surface area contributed by atoms with Gasteiger partial charge in [0.2, 0.25) is 0 Å². The molecule has 3 heterocycles. The van der Waals surface area contributed by atoms with Gasteiger partial charge in [-0.1, -0.05) is 6.07 Å². The molecule has 0 radical (unpaired) electrons. The van der Waals surface area contributed by atoms with Gasteiger partial charge < -0.3 is 19.7 Å². The summed E-state index contributed by atoms with van der Waals surface area (Å²) in [6.07, 6.45) is 3.28. The standard InChI is InChI=1S/C18H25N3O2S.HI/c1-14(22)15-7-9-21(13-15)18(20-12-17-5-3-11-24-17)19-8-6-16-4-2-10-23-16;/h2-5,10-11,14-15,22H,6-9,12-13H2,1H3,(H,19,20);1H. The number of thiophene rings is 1. The fourth-order valence-electron chi connectivity index (χ4n) is 2.95. The number of guanidine groups is 1. The van der Waals surface area contributed by atoms with Crippen LogP contribution < -0.4 is 5.32 Å². The molecule has 1 fully saturated rings. The van der Waals surface area contributed by atoms with Gasteiger partial charge >= 0.3 is 0 Å². The predicted molar refractivity (Wildman–Crippen MR) is 113 cm³/mol. The maximum Gasteiger partial charge on any atom is 0.194 e. The lowest BCUT2D eigenvalue weighted by Crippen LogP contribution is -2.41. The second kappa shape index (κ2) is 10.2. The molecule has 0 aromatic carbocycles. The maximum absolute atomic E-state index is 9.84. The molecule has 2 aromatic heterocycles. The molecule has 0 bridgehead atoms. The lowest BCUT2D eigenvalue weighted by Gasteiger charge is -2.22. The monoisotopic (exact) mass is 475 g/mol. The van der Waals surface area contributed by atoms with Gasteiger partial charge in [0.05, 0.1) is 18.9 Å². The number of likely N-dealkylation sites (tertiary alicyclic amines) is 1. The number of aliphatic hydroxyl groups excluding tert-OH is 1. The third-order valence-corrected chi connectivity index (χ3v) is 5.27. The van der Waals surface area contributed by atoms with Crippen molar-refractivity contribution in [3.63, 3.8) is 0 Å². The van der Waals surface area contributed by atoms with Crippen molar-refractivity contribution in [2.75, 3.05) is 19.6 Å². The fraction of sp³-hybridized carbons (Fsp3) is 0.500. The largest absolute Gasteiger partial charge is 0.469 e. The SMILES string of the molecule is CC(O)C1CCN(C(=NCc2cccs2)NCCc2ccco2)C1.I. The third kappa shape index (κ3) is 6.00. The number of aliphatic imine (C=N–C) groups is 1. The second-order valence-electron chi connectivity index (χ2n) is 6.21. The Hall–Kier alpha value is -1.06. The van der Waals surface area contributed by atoms with Crippen LogP contribution in [0.15, 0.2) is 45.3 Å². The summed E-state index contributed by atoms with van der Waals surface area (Å²) in [4.78, 5) is 8.30. The van der Waals surface area contributed by atoms with Crippen LogP contribution in [0.4, 0.5) is 0 Å². The Morgan fingerprint density at radius 3 is 3.00 bits per heavy atom. The van der Waals surface area contributed by atoms with Crippen molar-refractivity contribution in [2.45, 2.75) is 32.4 Å². The first-order valence-corrected chi connectivity index (χ1v) is 9.36. The number of hydrogen-bond donors (Lipinski definition) is 2. The lowest BCUT2D eigenvalue weighted by molar-refractivity contribution is 0.132. The molecule has 0 spiro atoms. The highest BCUT2D eigenvalue weighted by Gasteiger charge is 2.27. The van der Waals surface area contributed by atoms with E-state index in [0.717, 1.165) is 44.2 Å². The Balaban J connectivity index is 0.00000225. The number of halogens is 1. The van der Waals surface area contributed by atoms with Crippen molar-refractivity contribution in [2.24, 2.45) is 10.9 Å². The van der Waals surface area contributed by atoms with Crippen LogP contribution in [0, 0.1) is 5.92 Å². The topological polar surface area (TPSA) is 61.0 Å². The molecular formula is C18H26IN3O2S. The van der Waals surface area contributed by atoms with E-state index in [1.807, 2.05) is 19.1 Å². The third-order valence-electron chi connectivity index (χ3n) is 4.41. The molecule has 2 unspecified atom stereocenters. The molecule has 1 aliphatic heterocycles. The van der Waals surface area contributed by atoms with Crippen LogP contribution in [0.1, 0.15) is 24.0 Å². The van der Waals surface area contributed by atoms with E-state index in [9.17, 15) is 5.11 Å². The Morgan fingerprint density at radius 1 is 1.48 bits per heavy atom. The van der Waals surface area contributed by atoms with Crippen molar-refractivity contribution in [1.29, 1.82) is 0 Å². The average Bonchev–Trinajstić information content (AvgIpc) is 3.33. The summed E-state index contributed by atoms with van der Waals surface area (Å²) in [5.74, 6) is 2.23. The molecule has 0 aliphatic carbocycles. The minimum atomic E-state index is -0.267. The molecular weight excluding hydrogens is 449 g/mol. The van der Waals surface area contributed by atoms with Gasteiger partial charge in [-0.3, -0.25) is 0 Å². The normalized spacial score (nSPS) is 18.9. The van der Waals surface area contributed by atoms with Crippen LogP contribution in [0.2, 0.25) is 0 Å². The van der Waals surface area contributed by atoms with Crippen LogP contribution >= 0.6 is 35.3 Å². The first kappa shape index (κ1) is 20.3. The van der Waals surface area contributed by atoms with Gasteiger partial charge in [0.25, 0.3) is 0 Å². The van der Waals surface area contributed by atoms with Crippen molar-refractivity contribution >= 4 is 41.3 Å². The molecule has 25 heavy (non-hydrogen) atoms. The highest BCUT2D eigenvalue weighted by atomic mass is 127. The lowest BCUT2D eigenvalue weighted by atomic mass is 10.0. The minimum absolute atomic E-state index is 0. The van der Waals surface area contributed by atoms with Crippen molar-refractivity contribution in [3.05, 3.63) is 46.5 Å². The first-order chi connectivity index (χ1) is 11.7. The summed E-state index contributed by atoms with van der Waals surface area (Å²) in [6.45, 7) is 5.14. The van der Waals surface area contributed by atoms with Gasteiger partial charge in [-0.2, -0.15) is 0 Å². The molecule has 3 rings (SSSR count). The number of nitrogens with one attached hydrogen (secondary N) is 1. The van der Waals surface area contributed by atoms with E-state index in [-0.39, 0.29) is 30.1 Å². The van der Waals surface area contributed by atoms with Crippen molar-refractivity contribution in [3.8, 4) is 0 Å². The van der Waals surface area contributed by atoms with Crippen LogP contribution in [0.5, 0.6) is 0 Å². The predicted octanol–water partition coefficient (Wildman–Crippen LogP) is 3.35. The van der Waals surface area contributed by atoms with Crippen LogP contribution in [0.25, 0.3) is 0 Å². The number of furan rings is 1. The van der Waals surface area contributed by atoms with Gasteiger partial charge in [0.1, 0.15) is 5.76 Å². The van der Waals surface area contributed by atoms with Crippen molar-refractivity contribution < 1.29 is 9.52 Å². The summed E-state index contributed by atoms with van der Waals surface area (Å²) in [5.41, 5.74) is 0. The zero-order chi connectivity index (χ0) is 16.8. The summed E-state index contributed by atoms with van der Waals surface area (Å²) in [5, 5.41) is 15.4. The fourth-order valence-corrected chi connectivity index (χ4v) is 3.58. The minimum Gasteiger partial charge on any atom is -0.469 e. The van der Waals surface area contributed by atoms with Gasteiger partial charge in [0, 0.05) is 36.9 Å². The zero-order valence-electron chi connectivity index (χ0n) is 14.4. The van der Waals surface area contributed by atoms with Crippen LogP contribution in [-0.2, 0) is 13.0 Å².